The average Bonchev–Trinajstić information content (AvgIpc) is 2.32. The summed E-state index contributed by atoms with van der Waals surface area (Å²) in [7, 11) is 1.88. The molecule has 1 amide bonds. The first-order chi connectivity index (χ1) is 8.54. The Morgan fingerprint density at radius 2 is 2.00 bits per heavy atom. The van der Waals surface area contributed by atoms with Crippen molar-refractivity contribution in [3.8, 4) is 0 Å². The summed E-state index contributed by atoms with van der Waals surface area (Å²) in [4.78, 5) is 14.1. The predicted octanol–water partition coefficient (Wildman–Crippen LogP) is 1.37. The Bertz CT molecular complexity index is 248. The summed E-state index contributed by atoms with van der Waals surface area (Å²) in [5.74, 6) is 0.929. The van der Waals surface area contributed by atoms with Crippen molar-refractivity contribution in [2.24, 2.45) is 17.6 Å². The number of unbranched alkanes of at least 4 members (excludes halogenated alkanes) is 2. The van der Waals surface area contributed by atoms with E-state index in [2.05, 4.69) is 6.92 Å². The van der Waals surface area contributed by atoms with Crippen LogP contribution in [0, 0.1) is 11.8 Å². The first-order valence-electron chi connectivity index (χ1n) is 7.16. The molecule has 1 aliphatic rings. The van der Waals surface area contributed by atoms with Crippen molar-refractivity contribution in [2.75, 3.05) is 20.2 Å². The van der Waals surface area contributed by atoms with Crippen LogP contribution in [0.25, 0.3) is 0 Å². The molecule has 0 aromatic rings. The monoisotopic (exact) mass is 256 g/mol. The predicted molar refractivity (Wildman–Crippen MR) is 73.1 cm³/mol. The molecule has 0 bridgehead atoms. The van der Waals surface area contributed by atoms with Gasteiger partial charge >= 0.3 is 0 Å². The molecule has 0 saturated heterocycles. The van der Waals surface area contributed by atoms with E-state index in [1.54, 1.807) is 0 Å². The largest absolute Gasteiger partial charge is 0.396 e. The van der Waals surface area contributed by atoms with Crippen molar-refractivity contribution >= 4 is 5.91 Å². The van der Waals surface area contributed by atoms with Crippen LogP contribution in [-0.2, 0) is 4.79 Å². The van der Waals surface area contributed by atoms with E-state index in [4.69, 9.17) is 10.8 Å². The fourth-order valence-electron chi connectivity index (χ4n) is 2.92. The Labute approximate surface area is 111 Å². The van der Waals surface area contributed by atoms with Crippen molar-refractivity contribution in [3.63, 3.8) is 0 Å². The highest BCUT2D eigenvalue weighted by molar-refractivity contribution is 5.78. The van der Waals surface area contributed by atoms with E-state index in [0.717, 1.165) is 45.1 Å². The Kier molecular flexibility index (Phi) is 6.65. The van der Waals surface area contributed by atoms with Crippen molar-refractivity contribution in [3.05, 3.63) is 0 Å². The molecule has 0 aliphatic heterocycles. The molecule has 0 spiro atoms. The third kappa shape index (κ3) is 4.94. The summed E-state index contributed by atoms with van der Waals surface area (Å²) in [6.07, 6.45) is 5.64. The number of aliphatic hydroxyl groups excluding tert-OH is 1. The molecule has 1 aliphatic carbocycles. The summed E-state index contributed by atoms with van der Waals surface area (Å²) < 4.78 is 0. The lowest BCUT2D eigenvalue weighted by Gasteiger charge is -2.32. The first-order valence-corrected chi connectivity index (χ1v) is 7.16. The van der Waals surface area contributed by atoms with Gasteiger partial charge in [0.2, 0.25) is 5.91 Å². The van der Waals surface area contributed by atoms with Gasteiger partial charge in [0, 0.05) is 32.2 Å². The summed E-state index contributed by atoms with van der Waals surface area (Å²) in [6.45, 7) is 3.21. The molecular weight excluding hydrogens is 228 g/mol. The molecule has 1 saturated carbocycles. The highest BCUT2D eigenvalue weighted by atomic mass is 16.2. The molecule has 4 nitrogen and oxygen atoms in total. The smallest absolute Gasteiger partial charge is 0.225 e. The molecule has 1 fully saturated rings. The minimum atomic E-state index is 0.117. The number of amides is 1. The highest BCUT2D eigenvalue weighted by Crippen LogP contribution is 2.29. The van der Waals surface area contributed by atoms with E-state index in [1.165, 1.54) is 0 Å². The Morgan fingerprint density at radius 3 is 2.61 bits per heavy atom. The van der Waals surface area contributed by atoms with Gasteiger partial charge < -0.3 is 15.7 Å². The van der Waals surface area contributed by atoms with Gasteiger partial charge in [0.05, 0.1) is 0 Å². The van der Waals surface area contributed by atoms with E-state index in [-0.39, 0.29) is 24.5 Å². The quantitative estimate of drug-likeness (QED) is 0.705. The number of hydrogen-bond donors (Lipinski definition) is 2. The van der Waals surface area contributed by atoms with E-state index >= 15 is 0 Å². The normalized spacial score (nSPS) is 28.1. The van der Waals surface area contributed by atoms with Crippen LogP contribution in [0.15, 0.2) is 0 Å². The lowest BCUT2D eigenvalue weighted by atomic mass is 9.79. The number of carbonyl (C=O) groups excluding carboxylic acids is 1. The van der Waals surface area contributed by atoms with E-state index in [9.17, 15) is 4.79 Å². The van der Waals surface area contributed by atoms with Crippen LogP contribution in [0.3, 0.4) is 0 Å². The molecular formula is C14H28N2O2. The lowest BCUT2D eigenvalue weighted by Crippen LogP contribution is -2.41. The minimum absolute atomic E-state index is 0.117. The minimum Gasteiger partial charge on any atom is -0.396 e. The van der Waals surface area contributed by atoms with Gasteiger partial charge in [0.1, 0.15) is 0 Å². The number of nitrogens with zero attached hydrogens (tertiary/aromatic N) is 1. The molecule has 106 valence electrons. The van der Waals surface area contributed by atoms with Gasteiger partial charge in [-0.2, -0.15) is 0 Å². The summed E-state index contributed by atoms with van der Waals surface area (Å²) in [5.41, 5.74) is 5.99. The fourth-order valence-corrected chi connectivity index (χ4v) is 2.92. The second-order valence-corrected chi connectivity index (χ2v) is 5.81. The molecule has 0 heterocycles. The molecule has 3 unspecified atom stereocenters. The molecule has 0 radical (unpaired) electrons. The molecule has 4 heteroatoms. The van der Waals surface area contributed by atoms with Crippen LogP contribution in [-0.4, -0.2) is 42.2 Å². The van der Waals surface area contributed by atoms with E-state index in [0.29, 0.717) is 5.92 Å². The zero-order valence-corrected chi connectivity index (χ0v) is 11.8. The molecule has 18 heavy (non-hydrogen) atoms. The number of rotatable bonds is 6. The van der Waals surface area contributed by atoms with Crippen molar-refractivity contribution < 1.29 is 9.90 Å². The molecule has 3 N–H and O–H groups in total. The highest BCUT2D eigenvalue weighted by Gasteiger charge is 2.30. The number of carbonyl (C=O) groups is 1. The maximum atomic E-state index is 12.3. The summed E-state index contributed by atoms with van der Waals surface area (Å²) in [6, 6.07) is 0.186. The van der Waals surface area contributed by atoms with Gasteiger partial charge in [0.25, 0.3) is 0 Å². The number of aliphatic hydroxyl groups is 1. The van der Waals surface area contributed by atoms with Crippen LogP contribution in [0.4, 0.5) is 0 Å². The van der Waals surface area contributed by atoms with Crippen LogP contribution in [0.2, 0.25) is 0 Å². The van der Waals surface area contributed by atoms with Gasteiger partial charge in [-0.3, -0.25) is 4.79 Å². The standard InChI is InChI=1S/C14H28N2O2/c1-11-8-12(10-13(15)9-11)14(18)16(2)6-4-3-5-7-17/h11-13,17H,3-10,15H2,1-2H3. The zero-order chi connectivity index (χ0) is 13.5. The first kappa shape index (κ1) is 15.4. The zero-order valence-electron chi connectivity index (χ0n) is 11.8. The van der Waals surface area contributed by atoms with Crippen molar-refractivity contribution in [2.45, 2.75) is 51.5 Å². The molecule has 3 atom stereocenters. The van der Waals surface area contributed by atoms with Gasteiger partial charge in [-0.25, -0.2) is 0 Å². The molecule has 0 aromatic carbocycles. The lowest BCUT2D eigenvalue weighted by molar-refractivity contribution is -0.136. The van der Waals surface area contributed by atoms with Crippen molar-refractivity contribution in [1.29, 1.82) is 0 Å². The van der Waals surface area contributed by atoms with Gasteiger partial charge in [-0.05, 0) is 44.4 Å². The Hall–Kier alpha value is -0.610. The van der Waals surface area contributed by atoms with Gasteiger partial charge in [-0.1, -0.05) is 6.92 Å². The van der Waals surface area contributed by atoms with Crippen LogP contribution in [0.5, 0.6) is 0 Å². The van der Waals surface area contributed by atoms with Crippen LogP contribution in [0.1, 0.15) is 45.4 Å². The third-order valence-corrected chi connectivity index (χ3v) is 3.86. The van der Waals surface area contributed by atoms with E-state index < -0.39 is 0 Å². The average molecular weight is 256 g/mol. The number of nitrogens with two attached hydrogens (primary N) is 1. The molecule has 1 rings (SSSR count). The molecule has 0 aromatic heterocycles. The van der Waals surface area contributed by atoms with Gasteiger partial charge in [0.15, 0.2) is 0 Å². The van der Waals surface area contributed by atoms with E-state index in [1.807, 2.05) is 11.9 Å². The summed E-state index contributed by atoms with van der Waals surface area (Å²) in [5, 5.41) is 8.71. The van der Waals surface area contributed by atoms with Crippen LogP contribution >= 0.6 is 0 Å². The van der Waals surface area contributed by atoms with Crippen LogP contribution < -0.4 is 5.73 Å². The number of hydrogen-bond acceptors (Lipinski definition) is 3. The third-order valence-electron chi connectivity index (χ3n) is 3.86. The maximum absolute atomic E-state index is 12.3. The topological polar surface area (TPSA) is 66.6 Å². The Balaban J connectivity index is 2.33. The fraction of sp³-hybridized carbons (Fsp3) is 0.929. The maximum Gasteiger partial charge on any atom is 0.225 e. The summed E-state index contributed by atoms with van der Waals surface area (Å²) >= 11 is 0. The second kappa shape index (κ2) is 7.74. The Morgan fingerprint density at radius 1 is 1.28 bits per heavy atom. The van der Waals surface area contributed by atoms with Gasteiger partial charge in [-0.15, -0.1) is 0 Å². The second-order valence-electron chi connectivity index (χ2n) is 5.81. The SMILES string of the molecule is CC1CC(N)CC(C(=O)N(C)CCCCCO)C1. The van der Waals surface area contributed by atoms with Crippen molar-refractivity contribution in [1.82, 2.24) is 4.90 Å².